The van der Waals surface area contributed by atoms with Gasteiger partial charge >= 0.3 is 0 Å². The second-order valence-electron chi connectivity index (χ2n) is 5.80. The van der Waals surface area contributed by atoms with E-state index in [0.717, 1.165) is 19.8 Å². The van der Waals surface area contributed by atoms with E-state index in [1.165, 1.54) is 0 Å². The standard InChI is InChI=1S/C18H12Br2N2O2/c19-11-7-13-16(14(20)8-11)22-17(23)18(13,24)9-12-6-5-10-3-1-2-4-15(10)21-12/h1-8,24H,9H2,(H,22,23). The fourth-order valence-corrected chi connectivity index (χ4v) is 4.33. The van der Waals surface area contributed by atoms with Gasteiger partial charge in [0.2, 0.25) is 0 Å². The summed E-state index contributed by atoms with van der Waals surface area (Å²) in [5.74, 6) is -0.439. The Morgan fingerprint density at radius 3 is 2.75 bits per heavy atom. The molecular weight excluding hydrogens is 436 g/mol. The number of anilines is 1. The summed E-state index contributed by atoms with van der Waals surface area (Å²) in [7, 11) is 0. The number of aliphatic hydroxyl groups is 1. The second kappa shape index (κ2) is 5.65. The summed E-state index contributed by atoms with van der Waals surface area (Å²) in [5.41, 5.74) is 1.01. The number of hydrogen-bond acceptors (Lipinski definition) is 3. The Morgan fingerprint density at radius 2 is 1.92 bits per heavy atom. The van der Waals surface area contributed by atoms with Gasteiger partial charge in [-0.2, -0.15) is 0 Å². The number of nitrogens with zero attached hydrogens (tertiary/aromatic N) is 1. The Kier molecular flexibility index (Phi) is 3.71. The summed E-state index contributed by atoms with van der Waals surface area (Å²) in [6.45, 7) is 0. The molecule has 0 saturated heterocycles. The van der Waals surface area contributed by atoms with Crippen molar-refractivity contribution in [3.8, 4) is 0 Å². The zero-order valence-electron chi connectivity index (χ0n) is 12.4. The van der Waals surface area contributed by atoms with Crippen molar-refractivity contribution in [2.75, 3.05) is 5.32 Å². The lowest BCUT2D eigenvalue weighted by atomic mass is 9.90. The molecule has 120 valence electrons. The van der Waals surface area contributed by atoms with Crippen LogP contribution in [0, 0.1) is 0 Å². The number of para-hydroxylation sites is 1. The number of carbonyl (C=O) groups excluding carboxylic acids is 1. The number of halogens is 2. The van der Waals surface area contributed by atoms with Crippen LogP contribution in [-0.4, -0.2) is 16.0 Å². The molecule has 1 unspecified atom stereocenters. The summed E-state index contributed by atoms with van der Waals surface area (Å²) in [6, 6.07) is 15.2. The molecule has 1 aliphatic heterocycles. The van der Waals surface area contributed by atoms with Gasteiger partial charge in [0.05, 0.1) is 11.2 Å². The largest absolute Gasteiger partial charge is 0.375 e. The summed E-state index contributed by atoms with van der Waals surface area (Å²) >= 11 is 6.83. The van der Waals surface area contributed by atoms with Crippen LogP contribution in [0.3, 0.4) is 0 Å². The van der Waals surface area contributed by atoms with Gasteiger partial charge in [-0.3, -0.25) is 9.78 Å². The Balaban J connectivity index is 1.79. The number of aromatic nitrogens is 1. The van der Waals surface area contributed by atoms with Crippen molar-refractivity contribution >= 4 is 54.4 Å². The molecule has 0 spiro atoms. The van der Waals surface area contributed by atoms with E-state index in [4.69, 9.17) is 0 Å². The highest BCUT2D eigenvalue weighted by molar-refractivity contribution is 9.11. The fraction of sp³-hybridized carbons (Fsp3) is 0.111. The topological polar surface area (TPSA) is 62.2 Å². The third-order valence-electron chi connectivity index (χ3n) is 4.21. The average Bonchev–Trinajstić information content (AvgIpc) is 2.80. The van der Waals surface area contributed by atoms with Crippen LogP contribution in [0.1, 0.15) is 11.3 Å². The van der Waals surface area contributed by atoms with Crippen molar-refractivity contribution < 1.29 is 9.90 Å². The van der Waals surface area contributed by atoms with Gasteiger partial charge in [-0.25, -0.2) is 0 Å². The van der Waals surface area contributed by atoms with E-state index in [9.17, 15) is 9.90 Å². The Morgan fingerprint density at radius 1 is 1.12 bits per heavy atom. The SMILES string of the molecule is O=C1Nc2c(Br)cc(Br)cc2C1(O)Cc1ccc2ccccc2n1. The zero-order valence-corrected chi connectivity index (χ0v) is 15.6. The molecule has 0 saturated carbocycles. The van der Waals surface area contributed by atoms with Gasteiger partial charge < -0.3 is 10.4 Å². The van der Waals surface area contributed by atoms with Crippen LogP contribution in [0.5, 0.6) is 0 Å². The highest BCUT2D eigenvalue weighted by atomic mass is 79.9. The molecule has 0 bridgehead atoms. The normalized spacial score (nSPS) is 19.4. The molecule has 1 aliphatic rings. The van der Waals surface area contributed by atoms with Gasteiger partial charge in [0.15, 0.2) is 5.60 Å². The van der Waals surface area contributed by atoms with Gasteiger partial charge in [0.1, 0.15) is 0 Å². The van der Waals surface area contributed by atoms with E-state index in [1.54, 1.807) is 6.07 Å². The number of hydrogen-bond donors (Lipinski definition) is 2. The third-order valence-corrected chi connectivity index (χ3v) is 5.29. The van der Waals surface area contributed by atoms with Gasteiger partial charge in [-0.05, 0) is 40.2 Å². The van der Waals surface area contributed by atoms with E-state index < -0.39 is 11.5 Å². The Bertz CT molecular complexity index is 990. The van der Waals surface area contributed by atoms with E-state index in [1.807, 2.05) is 42.5 Å². The summed E-state index contributed by atoms with van der Waals surface area (Å²) in [5, 5.41) is 14.9. The number of fused-ring (bicyclic) bond motifs is 2. The molecular formula is C18H12Br2N2O2. The highest BCUT2D eigenvalue weighted by Crippen LogP contribution is 2.43. The van der Waals surface area contributed by atoms with Gasteiger partial charge in [-0.15, -0.1) is 0 Å². The minimum Gasteiger partial charge on any atom is -0.375 e. The zero-order chi connectivity index (χ0) is 16.9. The molecule has 1 atom stereocenters. The minimum atomic E-state index is -1.64. The van der Waals surface area contributed by atoms with Gasteiger partial charge in [-0.1, -0.05) is 40.2 Å². The van der Waals surface area contributed by atoms with Crippen molar-refractivity contribution in [1.82, 2.24) is 4.98 Å². The molecule has 0 radical (unpaired) electrons. The number of pyridine rings is 1. The van der Waals surface area contributed by atoms with Crippen LogP contribution in [0.15, 0.2) is 57.5 Å². The van der Waals surface area contributed by atoms with Crippen LogP contribution in [0.25, 0.3) is 10.9 Å². The number of amides is 1. The van der Waals surface area contributed by atoms with Crippen LogP contribution < -0.4 is 5.32 Å². The van der Waals surface area contributed by atoms with Gasteiger partial charge in [0.25, 0.3) is 5.91 Å². The maximum Gasteiger partial charge on any atom is 0.261 e. The molecule has 6 heteroatoms. The molecule has 1 amide bonds. The van der Waals surface area contributed by atoms with Crippen molar-refractivity contribution in [3.63, 3.8) is 0 Å². The maximum atomic E-state index is 12.5. The summed E-state index contributed by atoms with van der Waals surface area (Å²) in [6.07, 6.45) is 0.111. The molecule has 1 aromatic heterocycles. The average molecular weight is 448 g/mol. The smallest absolute Gasteiger partial charge is 0.261 e. The highest BCUT2D eigenvalue weighted by Gasteiger charge is 2.46. The molecule has 24 heavy (non-hydrogen) atoms. The van der Waals surface area contributed by atoms with Crippen molar-refractivity contribution in [3.05, 3.63) is 68.7 Å². The van der Waals surface area contributed by atoms with Crippen molar-refractivity contribution in [2.45, 2.75) is 12.0 Å². The Labute approximate surface area is 155 Å². The molecule has 0 aliphatic carbocycles. The lowest BCUT2D eigenvalue weighted by Crippen LogP contribution is -2.36. The number of rotatable bonds is 2. The summed E-state index contributed by atoms with van der Waals surface area (Å²) < 4.78 is 1.51. The first-order chi connectivity index (χ1) is 11.5. The lowest BCUT2D eigenvalue weighted by Gasteiger charge is -2.21. The number of nitrogens with one attached hydrogen (secondary N) is 1. The molecule has 4 rings (SSSR count). The van der Waals surface area contributed by atoms with E-state index in [0.29, 0.717) is 16.9 Å². The third kappa shape index (κ3) is 2.46. The van der Waals surface area contributed by atoms with E-state index in [-0.39, 0.29) is 6.42 Å². The monoisotopic (exact) mass is 446 g/mol. The first kappa shape index (κ1) is 15.7. The van der Waals surface area contributed by atoms with Crippen LogP contribution in [-0.2, 0) is 16.8 Å². The fourth-order valence-electron chi connectivity index (χ4n) is 3.01. The number of carbonyl (C=O) groups is 1. The van der Waals surface area contributed by atoms with Crippen molar-refractivity contribution in [1.29, 1.82) is 0 Å². The second-order valence-corrected chi connectivity index (χ2v) is 7.57. The molecule has 3 aromatic rings. The maximum absolute atomic E-state index is 12.5. The molecule has 2 aromatic carbocycles. The lowest BCUT2D eigenvalue weighted by molar-refractivity contribution is -0.133. The molecule has 0 fully saturated rings. The molecule has 4 nitrogen and oxygen atoms in total. The van der Waals surface area contributed by atoms with Crippen molar-refractivity contribution in [2.24, 2.45) is 0 Å². The summed E-state index contributed by atoms with van der Waals surface area (Å²) in [4.78, 5) is 17.0. The van der Waals surface area contributed by atoms with Crippen LogP contribution in [0.2, 0.25) is 0 Å². The van der Waals surface area contributed by atoms with E-state index in [2.05, 4.69) is 42.2 Å². The quantitative estimate of drug-likeness (QED) is 0.620. The van der Waals surface area contributed by atoms with E-state index >= 15 is 0 Å². The van der Waals surface area contributed by atoms with Gasteiger partial charge in [0, 0.05) is 32.0 Å². The first-order valence-electron chi connectivity index (χ1n) is 7.35. The number of benzene rings is 2. The predicted octanol–water partition coefficient (Wildman–Crippen LogP) is 4.14. The first-order valence-corrected chi connectivity index (χ1v) is 8.94. The van der Waals surface area contributed by atoms with Crippen LogP contribution >= 0.6 is 31.9 Å². The minimum absolute atomic E-state index is 0.111. The molecule has 2 heterocycles. The Hall–Kier alpha value is -1.76. The molecule has 2 N–H and O–H groups in total. The predicted molar refractivity (Wildman–Crippen MR) is 99.8 cm³/mol. The van der Waals surface area contributed by atoms with Crippen LogP contribution in [0.4, 0.5) is 5.69 Å².